The lowest BCUT2D eigenvalue weighted by Gasteiger charge is -2.50. The van der Waals surface area contributed by atoms with Crippen LogP contribution in [0.25, 0.3) is 0 Å². The molecule has 4 rings (SSSR count). The number of thioether (sulfide) groups is 2. The first-order chi connectivity index (χ1) is 17.5. The zero-order chi connectivity index (χ0) is 26.9. The number of tetrazole rings is 1. The van der Waals surface area contributed by atoms with Crippen molar-refractivity contribution < 1.29 is 37.6 Å². The van der Waals surface area contributed by atoms with E-state index in [1.54, 1.807) is 30.3 Å². The summed E-state index contributed by atoms with van der Waals surface area (Å²) in [5.41, 5.74) is 0.242. The van der Waals surface area contributed by atoms with Crippen LogP contribution in [0.2, 0.25) is 0 Å². The van der Waals surface area contributed by atoms with E-state index in [-0.39, 0.29) is 22.2 Å². The quantitative estimate of drug-likeness (QED) is 0.140. The number of aromatic amines is 1. The van der Waals surface area contributed by atoms with Crippen molar-refractivity contribution in [2.45, 2.75) is 34.8 Å². The number of aliphatic hydroxyl groups excluding tert-OH is 1. The summed E-state index contributed by atoms with van der Waals surface area (Å²) < 4.78 is 32.5. The highest BCUT2D eigenvalue weighted by atomic mass is 32.2. The van der Waals surface area contributed by atoms with Gasteiger partial charge in [-0.05, 0) is 27.5 Å². The molecule has 0 radical (unpaired) electrons. The largest absolute Gasteiger partial charge is 0.477 e. The van der Waals surface area contributed by atoms with Gasteiger partial charge in [0.2, 0.25) is 5.16 Å². The van der Waals surface area contributed by atoms with Gasteiger partial charge in [0.05, 0.1) is 5.75 Å². The number of nitrogens with one attached hydrogen (secondary N) is 2. The Kier molecular flexibility index (Phi) is 7.88. The Labute approximate surface area is 219 Å². The van der Waals surface area contributed by atoms with Crippen molar-refractivity contribution in [1.29, 1.82) is 0 Å². The summed E-state index contributed by atoms with van der Waals surface area (Å²) in [6.07, 6.45) is -1.51. The predicted molar refractivity (Wildman–Crippen MR) is 130 cm³/mol. The molecule has 1 fully saturated rings. The number of β-lactam (4-membered cyclic amide) rings is 1. The molecule has 198 valence electrons. The minimum atomic E-state index is -4.40. The summed E-state index contributed by atoms with van der Waals surface area (Å²) in [7, 11) is -4.40. The maximum atomic E-state index is 13.0. The third-order valence-corrected chi connectivity index (χ3v) is 9.41. The van der Waals surface area contributed by atoms with Crippen molar-refractivity contribution in [3.8, 4) is 0 Å². The fourth-order valence-corrected chi connectivity index (χ4v) is 7.72. The highest BCUT2D eigenvalue weighted by Gasteiger charge is 2.55. The summed E-state index contributed by atoms with van der Waals surface area (Å²) in [5.74, 6) is -4.28. The van der Waals surface area contributed by atoms with Crippen LogP contribution in [-0.4, -0.2) is 94.7 Å². The van der Waals surface area contributed by atoms with Gasteiger partial charge in [0.15, 0.2) is 6.10 Å². The Bertz CT molecular complexity index is 1320. The Morgan fingerprint density at radius 3 is 2.62 bits per heavy atom. The van der Waals surface area contributed by atoms with E-state index < -0.39 is 62.3 Å². The number of amides is 2. The van der Waals surface area contributed by atoms with Crippen LogP contribution in [0.3, 0.4) is 0 Å². The van der Waals surface area contributed by atoms with Crippen molar-refractivity contribution in [2.75, 3.05) is 11.5 Å². The first-order valence-corrected chi connectivity index (χ1v) is 14.3. The van der Waals surface area contributed by atoms with Crippen molar-refractivity contribution in [2.24, 2.45) is 5.92 Å². The van der Waals surface area contributed by atoms with Gasteiger partial charge in [-0.1, -0.05) is 49.0 Å². The summed E-state index contributed by atoms with van der Waals surface area (Å²) >= 11 is 2.15. The molecule has 1 aromatic heterocycles. The van der Waals surface area contributed by atoms with Gasteiger partial charge in [-0.3, -0.25) is 19.0 Å². The van der Waals surface area contributed by atoms with E-state index in [4.69, 9.17) is 0 Å². The normalized spacial score (nSPS) is 22.0. The molecular formula is C20H22N6O8S3. The molecule has 0 spiro atoms. The van der Waals surface area contributed by atoms with Gasteiger partial charge in [0.25, 0.3) is 21.9 Å². The van der Waals surface area contributed by atoms with E-state index in [0.717, 1.165) is 16.7 Å². The molecule has 2 aromatic rings. The third-order valence-electron chi connectivity index (χ3n) is 5.76. The molecule has 5 N–H and O–H groups in total. The molecule has 0 saturated carbocycles. The van der Waals surface area contributed by atoms with Crippen molar-refractivity contribution in [3.63, 3.8) is 0 Å². The van der Waals surface area contributed by atoms with Crippen LogP contribution >= 0.6 is 23.5 Å². The van der Waals surface area contributed by atoms with Crippen LogP contribution < -0.4 is 5.32 Å². The van der Waals surface area contributed by atoms with Crippen LogP contribution in [-0.2, 0) is 24.5 Å². The van der Waals surface area contributed by atoms with Gasteiger partial charge < -0.3 is 15.5 Å². The molecule has 37 heavy (non-hydrogen) atoms. The number of aromatic nitrogens is 4. The monoisotopic (exact) mass is 570 g/mol. The SMILES string of the molecule is CC(CS(=O)(=O)O)C(Sc1nnn[nH]1)C1=C(C(=O)O)N2C(=O)C(NC(=O)C(O)c3ccccc3)[C@@H]2SC1. The number of hydrogen-bond donors (Lipinski definition) is 5. The Morgan fingerprint density at radius 2 is 2.03 bits per heavy atom. The molecule has 5 atom stereocenters. The number of aliphatic carboxylic acids is 1. The van der Waals surface area contributed by atoms with E-state index in [0.29, 0.717) is 5.56 Å². The van der Waals surface area contributed by atoms with Crippen LogP contribution in [0.1, 0.15) is 18.6 Å². The van der Waals surface area contributed by atoms with E-state index in [1.165, 1.54) is 18.7 Å². The number of carbonyl (C=O) groups is 3. The van der Waals surface area contributed by atoms with Crippen molar-refractivity contribution in [1.82, 2.24) is 30.8 Å². The molecule has 1 aromatic carbocycles. The summed E-state index contributed by atoms with van der Waals surface area (Å²) in [4.78, 5) is 39.0. The predicted octanol–water partition coefficient (Wildman–Crippen LogP) is -0.343. The van der Waals surface area contributed by atoms with Gasteiger partial charge in [0, 0.05) is 11.0 Å². The molecule has 1 saturated heterocycles. The van der Waals surface area contributed by atoms with Gasteiger partial charge in [-0.15, -0.1) is 16.9 Å². The standard InChI is InChI=1S/C20H22N6O8S3/c1-9(8-37(32,33)34)15(36-20-22-24-25-23-20)11-7-35-18-12(17(29)26(18)13(11)19(30)31)21-16(28)14(27)10-5-3-2-4-6-10/h2-6,9,12,14-15,18,27H,7-8H2,1H3,(H,21,28)(H,30,31)(H,32,33,34)(H,22,23,24,25)/t9?,12?,14?,15?,18-/m0/s1. The molecule has 4 unspecified atom stereocenters. The lowest BCUT2D eigenvalue weighted by Crippen LogP contribution is -2.71. The number of carbonyl (C=O) groups excluding carboxylic acids is 2. The van der Waals surface area contributed by atoms with Crippen LogP contribution in [0.15, 0.2) is 46.8 Å². The second-order valence-electron chi connectivity index (χ2n) is 8.36. The highest BCUT2D eigenvalue weighted by molar-refractivity contribution is 8.01. The van der Waals surface area contributed by atoms with Gasteiger partial charge in [0.1, 0.15) is 17.1 Å². The molecule has 2 aliphatic rings. The van der Waals surface area contributed by atoms with Crippen LogP contribution in [0, 0.1) is 5.92 Å². The molecular weight excluding hydrogens is 548 g/mol. The number of benzene rings is 1. The number of H-pyrrole nitrogens is 1. The number of rotatable bonds is 10. The lowest BCUT2D eigenvalue weighted by atomic mass is 9.96. The number of hydrogen-bond acceptors (Lipinski definition) is 11. The van der Waals surface area contributed by atoms with Crippen molar-refractivity contribution in [3.05, 3.63) is 47.2 Å². The maximum Gasteiger partial charge on any atom is 0.352 e. The maximum absolute atomic E-state index is 13.0. The molecule has 0 aliphatic carbocycles. The average Bonchev–Trinajstić information content (AvgIpc) is 3.37. The number of carboxylic acid groups (broad SMARTS) is 1. The second kappa shape index (κ2) is 10.8. The van der Waals surface area contributed by atoms with E-state index in [1.807, 2.05) is 0 Å². The molecule has 0 bridgehead atoms. The molecule has 17 heteroatoms. The fourth-order valence-electron chi connectivity index (χ4n) is 4.15. The third kappa shape index (κ3) is 5.80. The molecule has 2 aliphatic heterocycles. The van der Waals surface area contributed by atoms with Gasteiger partial charge >= 0.3 is 5.97 Å². The topological polar surface area (TPSA) is 216 Å². The summed E-state index contributed by atoms with van der Waals surface area (Å²) in [6.45, 7) is 1.52. The zero-order valence-electron chi connectivity index (χ0n) is 19.1. The summed E-state index contributed by atoms with van der Waals surface area (Å²) in [5, 5.41) is 34.6. The molecule has 14 nitrogen and oxygen atoms in total. The van der Waals surface area contributed by atoms with E-state index >= 15 is 0 Å². The number of carboxylic acids is 1. The Morgan fingerprint density at radius 1 is 1.32 bits per heavy atom. The minimum Gasteiger partial charge on any atom is -0.477 e. The van der Waals surface area contributed by atoms with Crippen molar-refractivity contribution >= 4 is 51.4 Å². The highest BCUT2D eigenvalue weighted by Crippen LogP contribution is 2.45. The van der Waals surface area contributed by atoms with Crippen LogP contribution in [0.5, 0.6) is 0 Å². The first-order valence-electron chi connectivity index (χ1n) is 10.8. The summed E-state index contributed by atoms with van der Waals surface area (Å²) in [6, 6.07) is 7.07. The first kappa shape index (κ1) is 27.1. The smallest absolute Gasteiger partial charge is 0.352 e. The second-order valence-corrected chi connectivity index (χ2v) is 12.1. The van der Waals surface area contributed by atoms with E-state index in [2.05, 4.69) is 25.9 Å². The number of nitrogens with zero attached hydrogens (tertiary/aromatic N) is 4. The Balaban J connectivity index is 1.60. The minimum absolute atomic E-state index is 0.0821. The molecule has 3 heterocycles. The lowest BCUT2D eigenvalue weighted by molar-refractivity contribution is -0.151. The average molecular weight is 571 g/mol. The van der Waals surface area contributed by atoms with Gasteiger partial charge in [-0.2, -0.15) is 8.42 Å². The van der Waals surface area contributed by atoms with Crippen LogP contribution in [0.4, 0.5) is 0 Å². The number of fused-ring (bicyclic) bond motifs is 1. The Hall–Kier alpha value is -2.99. The van der Waals surface area contributed by atoms with Gasteiger partial charge in [-0.25, -0.2) is 9.89 Å². The van der Waals surface area contributed by atoms with E-state index in [9.17, 15) is 37.6 Å². The number of aliphatic hydroxyl groups is 1. The molecule has 2 amide bonds. The zero-order valence-corrected chi connectivity index (χ0v) is 21.5. The fraction of sp³-hybridized carbons (Fsp3) is 0.400.